The average Bonchev–Trinajstić information content (AvgIpc) is 3.02. The van der Waals surface area contributed by atoms with E-state index in [9.17, 15) is 4.79 Å². The fourth-order valence-electron chi connectivity index (χ4n) is 2.28. The molecule has 0 bridgehead atoms. The van der Waals surface area contributed by atoms with Gasteiger partial charge < -0.3 is 5.11 Å². The minimum Gasteiger partial charge on any atom is -0.478 e. The van der Waals surface area contributed by atoms with E-state index < -0.39 is 5.97 Å². The van der Waals surface area contributed by atoms with E-state index in [1.807, 2.05) is 36.0 Å². The fraction of sp³-hybridized carbons (Fsp3) is 0.133. The third-order valence-electron chi connectivity index (χ3n) is 3.32. The Hall–Kier alpha value is -2.89. The molecule has 0 aliphatic rings. The van der Waals surface area contributed by atoms with Crippen molar-refractivity contribution in [1.82, 2.24) is 19.3 Å². The Bertz CT molecular complexity index is 858. The standard InChI is InChI=1S/C15H14N4O2/c1-10(15(20)21)8-12-9-17-18(2)14(12)19-7-5-11-4-3-6-16-13(11)19/h3-9H,1-2H3,(H,20,21)/b10-8+. The number of carboxylic acid groups (broad SMARTS) is 1. The number of carboxylic acids is 1. The number of carbonyl (C=O) groups is 1. The first kappa shape index (κ1) is 13.1. The highest BCUT2D eigenvalue weighted by molar-refractivity contribution is 5.92. The highest BCUT2D eigenvalue weighted by atomic mass is 16.4. The molecule has 0 aromatic carbocycles. The summed E-state index contributed by atoms with van der Waals surface area (Å²) in [6, 6.07) is 5.82. The van der Waals surface area contributed by atoms with Crippen LogP contribution in [-0.2, 0) is 11.8 Å². The van der Waals surface area contributed by atoms with Gasteiger partial charge in [0.15, 0.2) is 0 Å². The molecular formula is C15H14N4O2. The first-order valence-electron chi connectivity index (χ1n) is 6.44. The number of hydrogen-bond donors (Lipinski definition) is 1. The molecule has 0 amide bonds. The molecular weight excluding hydrogens is 268 g/mol. The lowest BCUT2D eigenvalue weighted by atomic mass is 10.2. The van der Waals surface area contributed by atoms with Crippen LogP contribution in [0.5, 0.6) is 0 Å². The van der Waals surface area contributed by atoms with Gasteiger partial charge in [0, 0.05) is 36.0 Å². The number of fused-ring (bicyclic) bond motifs is 1. The van der Waals surface area contributed by atoms with E-state index >= 15 is 0 Å². The quantitative estimate of drug-likeness (QED) is 0.748. The van der Waals surface area contributed by atoms with Crippen LogP contribution in [0.25, 0.3) is 22.9 Å². The van der Waals surface area contributed by atoms with Gasteiger partial charge in [0.25, 0.3) is 0 Å². The van der Waals surface area contributed by atoms with Crippen LogP contribution in [0, 0.1) is 0 Å². The molecule has 0 aliphatic heterocycles. The number of aromatic nitrogens is 4. The van der Waals surface area contributed by atoms with E-state index in [4.69, 9.17) is 5.11 Å². The van der Waals surface area contributed by atoms with Crippen molar-refractivity contribution in [1.29, 1.82) is 0 Å². The SMILES string of the molecule is C/C(=C\c1cnn(C)c1-n1ccc2cccnc21)C(=O)O. The van der Waals surface area contributed by atoms with Crippen molar-refractivity contribution in [3.63, 3.8) is 0 Å². The van der Waals surface area contributed by atoms with Gasteiger partial charge in [-0.2, -0.15) is 5.10 Å². The van der Waals surface area contributed by atoms with Crippen LogP contribution in [0.3, 0.4) is 0 Å². The van der Waals surface area contributed by atoms with E-state index in [2.05, 4.69) is 10.1 Å². The Kier molecular flexibility index (Phi) is 3.06. The van der Waals surface area contributed by atoms with Crippen molar-refractivity contribution in [2.24, 2.45) is 7.05 Å². The number of rotatable bonds is 3. The van der Waals surface area contributed by atoms with Crippen molar-refractivity contribution in [3.05, 3.63) is 47.9 Å². The minimum atomic E-state index is -0.944. The molecule has 6 heteroatoms. The Morgan fingerprint density at radius 3 is 2.95 bits per heavy atom. The predicted octanol–water partition coefficient (Wildman–Crippen LogP) is 2.25. The van der Waals surface area contributed by atoms with E-state index in [0.717, 1.165) is 22.4 Å². The normalized spacial score (nSPS) is 12.0. The largest absolute Gasteiger partial charge is 0.478 e. The topological polar surface area (TPSA) is 72.9 Å². The van der Waals surface area contributed by atoms with Gasteiger partial charge in [0.1, 0.15) is 11.5 Å². The summed E-state index contributed by atoms with van der Waals surface area (Å²) in [5.74, 6) is -0.162. The predicted molar refractivity (Wildman–Crippen MR) is 79.1 cm³/mol. The Morgan fingerprint density at radius 2 is 2.19 bits per heavy atom. The van der Waals surface area contributed by atoms with Gasteiger partial charge in [-0.15, -0.1) is 0 Å². The van der Waals surface area contributed by atoms with Crippen molar-refractivity contribution >= 4 is 23.1 Å². The zero-order valence-electron chi connectivity index (χ0n) is 11.7. The van der Waals surface area contributed by atoms with Crippen LogP contribution in [0.4, 0.5) is 0 Å². The maximum atomic E-state index is 11.0. The van der Waals surface area contributed by atoms with Gasteiger partial charge >= 0.3 is 5.97 Å². The number of nitrogens with zero attached hydrogens (tertiary/aromatic N) is 4. The molecule has 1 N–H and O–H groups in total. The van der Waals surface area contributed by atoms with E-state index in [-0.39, 0.29) is 5.57 Å². The van der Waals surface area contributed by atoms with Crippen molar-refractivity contribution in [3.8, 4) is 5.82 Å². The Morgan fingerprint density at radius 1 is 1.38 bits per heavy atom. The average molecular weight is 282 g/mol. The molecule has 3 heterocycles. The molecule has 6 nitrogen and oxygen atoms in total. The summed E-state index contributed by atoms with van der Waals surface area (Å²) in [5, 5.41) is 14.3. The van der Waals surface area contributed by atoms with Crippen LogP contribution in [0.15, 0.2) is 42.4 Å². The molecule has 0 saturated carbocycles. The molecule has 21 heavy (non-hydrogen) atoms. The first-order valence-corrected chi connectivity index (χ1v) is 6.44. The molecule has 0 spiro atoms. The van der Waals surface area contributed by atoms with E-state index in [1.54, 1.807) is 30.1 Å². The smallest absolute Gasteiger partial charge is 0.331 e. The summed E-state index contributed by atoms with van der Waals surface area (Å²) >= 11 is 0. The third kappa shape index (κ3) is 2.20. The maximum Gasteiger partial charge on any atom is 0.331 e. The molecule has 0 aliphatic carbocycles. The number of pyridine rings is 1. The van der Waals surface area contributed by atoms with Gasteiger partial charge in [-0.3, -0.25) is 9.25 Å². The van der Waals surface area contributed by atoms with Gasteiger partial charge in [-0.25, -0.2) is 9.78 Å². The molecule has 0 radical (unpaired) electrons. The monoisotopic (exact) mass is 282 g/mol. The van der Waals surface area contributed by atoms with Crippen LogP contribution >= 0.6 is 0 Å². The lowest BCUT2D eigenvalue weighted by molar-refractivity contribution is -0.132. The lowest BCUT2D eigenvalue weighted by Gasteiger charge is -2.07. The molecule has 3 aromatic rings. The van der Waals surface area contributed by atoms with Crippen LogP contribution < -0.4 is 0 Å². The van der Waals surface area contributed by atoms with Gasteiger partial charge in [-0.1, -0.05) is 0 Å². The molecule has 3 aromatic heterocycles. The second-order valence-corrected chi connectivity index (χ2v) is 4.78. The van der Waals surface area contributed by atoms with Crippen LogP contribution in [0.1, 0.15) is 12.5 Å². The summed E-state index contributed by atoms with van der Waals surface area (Å²) in [6.07, 6.45) is 6.89. The lowest BCUT2D eigenvalue weighted by Crippen LogP contribution is -2.04. The number of aliphatic carboxylic acids is 1. The second-order valence-electron chi connectivity index (χ2n) is 4.78. The Labute approximate surface area is 121 Å². The van der Waals surface area contributed by atoms with Crippen molar-refractivity contribution in [2.45, 2.75) is 6.92 Å². The van der Waals surface area contributed by atoms with Gasteiger partial charge in [0.2, 0.25) is 0 Å². The number of hydrogen-bond acceptors (Lipinski definition) is 3. The summed E-state index contributed by atoms with van der Waals surface area (Å²) in [7, 11) is 1.82. The first-order chi connectivity index (χ1) is 10.1. The highest BCUT2D eigenvalue weighted by Gasteiger charge is 2.13. The minimum absolute atomic E-state index is 0.258. The Balaban J connectivity index is 2.21. The zero-order chi connectivity index (χ0) is 15.0. The molecule has 0 saturated heterocycles. The molecule has 0 atom stereocenters. The summed E-state index contributed by atoms with van der Waals surface area (Å²) in [4.78, 5) is 15.4. The van der Waals surface area contributed by atoms with E-state index in [1.165, 1.54) is 0 Å². The fourth-order valence-corrected chi connectivity index (χ4v) is 2.28. The van der Waals surface area contributed by atoms with Crippen LogP contribution in [-0.4, -0.2) is 30.4 Å². The van der Waals surface area contributed by atoms with Gasteiger partial charge in [0.05, 0.1) is 6.20 Å². The van der Waals surface area contributed by atoms with Crippen molar-refractivity contribution < 1.29 is 9.90 Å². The summed E-state index contributed by atoms with van der Waals surface area (Å²) < 4.78 is 3.61. The summed E-state index contributed by atoms with van der Waals surface area (Å²) in [6.45, 7) is 1.56. The zero-order valence-corrected chi connectivity index (χ0v) is 11.7. The van der Waals surface area contributed by atoms with E-state index in [0.29, 0.717) is 0 Å². The van der Waals surface area contributed by atoms with Crippen molar-refractivity contribution in [2.75, 3.05) is 0 Å². The summed E-state index contributed by atoms with van der Waals surface area (Å²) in [5.41, 5.74) is 1.80. The maximum absolute atomic E-state index is 11.0. The molecule has 0 unspecified atom stereocenters. The molecule has 106 valence electrons. The third-order valence-corrected chi connectivity index (χ3v) is 3.32. The second kappa shape index (κ2) is 4.90. The van der Waals surface area contributed by atoms with Gasteiger partial charge in [-0.05, 0) is 31.2 Å². The highest BCUT2D eigenvalue weighted by Crippen LogP contribution is 2.22. The van der Waals surface area contributed by atoms with Crippen LogP contribution in [0.2, 0.25) is 0 Å². The number of aryl methyl sites for hydroxylation is 1. The molecule has 0 fully saturated rings. The molecule has 3 rings (SSSR count).